The highest BCUT2D eigenvalue weighted by atomic mass is 32.2. The van der Waals surface area contributed by atoms with Crippen molar-refractivity contribution >= 4 is 16.0 Å². The largest absolute Gasteiger partial charge is 0.480 e. The van der Waals surface area contributed by atoms with Crippen LogP contribution in [-0.2, 0) is 14.8 Å². The molecule has 2 rings (SSSR count). The predicted octanol–water partition coefficient (Wildman–Crippen LogP) is 1.06. The SMILES string of the molecule is O=C(O)CN(C1CC1)S(=O)(=O)c1ccccc1F. The van der Waals surface area contributed by atoms with E-state index in [1.54, 1.807) is 0 Å². The number of carbonyl (C=O) groups is 1. The fourth-order valence-corrected chi connectivity index (χ4v) is 3.39. The first-order valence-electron chi connectivity index (χ1n) is 5.41. The van der Waals surface area contributed by atoms with Crippen LogP contribution < -0.4 is 0 Å². The Morgan fingerprint density at radius 3 is 2.50 bits per heavy atom. The molecule has 0 radical (unpaired) electrons. The average molecular weight is 273 g/mol. The molecular formula is C11H12FNO4S. The summed E-state index contributed by atoms with van der Waals surface area (Å²) in [6.45, 7) is -0.638. The van der Waals surface area contributed by atoms with Gasteiger partial charge in [0.15, 0.2) is 0 Å². The number of hydrogen-bond donors (Lipinski definition) is 1. The normalized spacial score (nSPS) is 15.9. The molecule has 0 saturated heterocycles. The van der Waals surface area contributed by atoms with Crippen molar-refractivity contribution in [1.29, 1.82) is 0 Å². The van der Waals surface area contributed by atoms with Crippen molar-refractivity contribution in [3.8, 4) is 0 Å². The highest BCUT2D eigenvalue weighted by Gasteiger charge is 2.40. The molecular weight excluding hydrogens is 261 g/mol. The molecule has 1 aliphatic carbocycles. The summed E-state index contributed by atoms with van der Waals surface area (Å²) in [4.78, 5) is 10.2. The van der Waals surface area contributed by atoms with Crippen LogP contribution in [0.25, 0.3) is 0 Å². The molecule has 0 unspecified atom stereocenters. The number of nitrogens with zero attached hydrogens (tertiary/aromatic N) is 1. The Morgan fingerprint density at radius 1 is 1.39 bits per heavy atom. The molecule has 5 nitrogen and oxygen atoms in total. The number of benzene rings is 1. The maximum atomic E-state index is 13.5. The molecule has 7 heteroatoms. The molecule has 1 aromatic rings. The minimum atomic E-state index is -4.09. The van der Waals surface area contributed by atoms with Crippen molar-refractivity contribution in [3.05, 3.63) is 30.1 Å². The smallest absolute Gasteiger partial charge is 0.318 e. The minimum absolute atomic E-state index is 0.328. The van der Waals surface area contributed by atoms with E-state index in [1.165, 1.54) is 12.1 Å². The second kappa shape index (κ2) is 4.66. The van der Waals surface area contributed by atoms with E-state index in [0.29, 0.717) is 12.8 Å². The van der Waals surface area contributed by atoms with E-state index in [2.05, 4.69) is 0 Å². The third-order valence-electron chi connectivity index (χ3n) is 2.67. The van der Waals surface area contributed by atoms with Gasteiger partial charge in [-0.05, 0) is 25.0 Å². The maximum Gasteiger partial charge on any atom is 0.318 e. The number of sulfonamides is 1. The van der Waals surface area contributed by atoms with Crippen molar-refractivity contribution in [2.24, 2.45) is 0 Å². The van der Waals surface area contributed by atoms with Crippen LogP contribution in [0.1, 0.15) is 12.8 Å². The quantitative estimate of drug-likeness (QED) is 0.870. The molecule has 1 N–H and O–H groups in total. The van der Waals surface area contributed by atoms with Gasteiger partial charge in [-0.3, -0.25) is 4.79 Å². The second-order valence-corrected chi connectivity index (χ2v) is 5.96. The van der Waals surface area contributed by atoms with Crippen LogP contribution in [-0.4, -0.2) is 36.4 Å². The lowest BCUT2D eigenvalue weighted by atomic mass is 10.4. The molecule has 1 aromatic carbocycles. The molecule has 0 aromatic heterocycles. The van der Waals surface area contributed by atoms with Crippen LogP contribution in [0, 0.1) is 5.82 Å². The van der Waals surface area contributed by atoms with Crippen molar-refractivity contribution in [3.63, 3.8) is 0 Å². The Kier molecular flexibility index (Phi) is 3.36. The van der Waals surface area contributed by atoms with Crippen LogP contribution >= 0.6 is 0 Å². The van der Waals surface area contributed by atoms with Gasteiger partial charge in [0, 0.05) is 6.04 Å². The standard InChI is InChI=1S/C11H12FNO4S/c12-9-3-1-2-4-10(9)18(16,17)13(7-11(14)15)8-5-6-8/h1-4,8H,5-7H2,(H,14,15). The summed E-state index contributed by atoms with van der Waals surface area (Å²) in [5, 5.41) is 8.74. The van der Waals surface area contributed by atoms with Gasteiger partial charge in [0.1, 0.15) is 17.3 Å². The summed E-state index contributed by atoms with van der Waals surface area (Å²) >= 11 is 0. The van der Waals surface area contributed by atoms with Gasteiger partial charge in [-0.1, -0.05) is 12.1 Å². The molecule has 0 spiro atoms. The van der Waals surface area contributed by atoms with E-state index in [1.807, 2.05) is 0 Å². The van der Waals surface area contributed by atoms with Gasteiger partial charge < -0.3 is 5.11 Å². The Hall–Kier alpha value is -1.47. The summed E-state index contributed by atoms with van der Waals surface area (Å²) < 4.78 is 38.8. The summed E-state index contributed by atoms with van der Waals surface area (Å²) in [7, 11) is -4.09. The number of carboxylic acids is 1. The summed E-state index contributed by atoms with van der Waals surface area (Å²) in [6, 6.07) is 4.64. The number of rotatable bonds is 5. The molecule has 18 heavy (non-hydrogen) atoms. The first kappa shape index (κ1) is 13.0. The molecule has 0 amide bonds. The van der Waals surface area contributed by atoms with Gasteiger partial charge in [-0.25, -0.2) is 12.8 Å². The molecule has 98 valence electrons. The third kappa shape index (κ3) is 2.51. The van der Waals surface area contributed by atoms with Gasteiger partial charge in [0.05, 0.1) is 0 Å². The van der Waals surface area contributed by atoms with E-state index < -0.39 is 33.3 Å². The van der Waals surface area contributed by atoms with Crippen molar-refractivity contribution < 1.29 is 22.7 Å². The number of halogens is 1. The van der Waals surface area contributed by atoms with Crippen molar-refractivity contribution in [2.75, 3.05) is 6.54 Å². The third-order valence-corrected chi connectivity index (χ3v) is 4.60. The monoisotopic (exact) mass is 273 g/mol. The fraction of sp³-hybridized carbons (Fsp3) is 0.364. The minimum Gasteiger partial charge on any atom is -0.480 e. The van der Waals surface area contributed by atoms with Gasteiger partial charge >= 0.3 is 5.97 Å². The number of hydrogen-bond acceptors (Lipinski definition) is 3. The molecule has 1 saturated carbocycles. The first-order valence-corrected chi connectivity index (χ1v) is 6.85. The van der Waals surface area contributed by atoms with Gasteiger partial charge in [-0.15, -0.1) is 0 Å². The predicted molar refractivity (Wildman–Crippen MR) is 60.9 cm³/mol. The highest BCUT2D eigenvalue weighted by molar-refractivity contribution is 7.89. The average Bonchev–Trinajstić information content (AvgIpc) is 3.09. The lowest BCUT2D eigenvalue weighted by molar-refractivity contribution is -0.137. The molecule has 0 bridgehead atoms. The maximum absolute atomic E-state index is 13.5. The zero-order chi connectivity index (χ0) is 13.3. The Morgan fingerprint density at radius 2 is 2.00 bits per heavy atom. The zero-order valence-corrected chi connectivity index (χ0v) is 10.2. The molecule has 0 atom stereocenters. The van der Waals surface area contributed by atoms with Crippen LogP contribution in [0.2, 0.25) is 0 Å². The molecule has 1 fully saturated rings. The van der Waals surface area contributed by atoms with E-state index in [4.69, 9.17) is 5.11 Å². The lowest BCUT2D eigenvalue weighted by Crippen LogP contribution is -2.37. The summed E-state index contributed by atoms with van der Waals surface area (Å²) in [5.41, 5.74) is 0. The van der Waals surface area contributed by atoms with Crippen LogP contribution in [0.5, 0.6) is 0 Å². The number of carboxylic acid groups (broad SMARTS) is 1. The van der Waals surface area contributed by atoms with E-state index in [0.717, 1.165) is 16.4 Å². The Bertz CT molecular complexity index is 568. The van der Waals surface area contributed by atoms with E-state index >= 15 is 0 Å². The van der Waals surface area contributed by atoms with Crippen LogP contribution in [0.4, 0.5) is 4.39 Å². The lowest BCUT2D eigenvalue weighted by Gasteiger charge is -2.19. The topological polar surface area (TPSA) is 74.7 Å². The van der Waals surface area contributed by atoms with Crippen molar-refractivity contribution in [2.45, 2.75) is 23.8 Å². The van der Waals surface area contributed by atoms with Gasteiger partial charge in [0.2, 0.25) is 10.0 Å². The number of aliphatic carboxylic acids is 1. The van der Waals surface area contributed by atoms with Gasteiger partial charge in [-0.2, -0.15) is 4.31 Å². The van der Waals surface area contributed by atoms with E-state index in [9.17, 15) is 17.6 Å². The second-order valence-electron chi connectivity index (χ2n) is 4.11. The molecule has 1 aliphatic rings. The Balaban J connectivity index is 2.39. The van der Waals surface area contributed by atoms with Crippen LogP contribution in [0.15, 0.2) is 29.2 Å². The fourth-order valence-electron chi connectivity index (χ4n) is 1.69. The highest BCUT2D eigenvalue weighted by Crippen LogP contribution is 2.32. The first-order chi connectivity index (χ1) is 8.43. The van der Waals surface area contributed by atoms with E-state index in [-0.39, 0.29) is 6.04 Å². The molecule has 0 heterocycles. The summed E-state index contributed by atoms with van der Waals surface area (Å²) in [6.07, 6.45) is 1.22. The summed E-state index contributed by atoms with van der Waals surface area (Å²) in [5.74, 6) is -2.12. The molecule has 0 aliphatic heterocycles. The Labute approximate surface area is 104 Å². The van der Waals surface area contributed by atoms with Crippen LogP contribution in [0.3, 0.4) is 0 Å². The zero-order valence-electron chi connectivity index (χ0n) is 9.41. The van der Waals surface area contributed by atoms with Crippen molar-refractivity contribution in [1.82, 2.24) is 4.31 Å². The van der Waals surface area contributed by atoms with Gasteiger partial charge in [0.25, 0.3) is 0 Å².